The minimum atomic E-state index is -1.24. The second-order valence-corrected chi connectivity index (χ2v) is 14.5. The topological polar surface area (TPSA) is 98.4 Å². The number of benzene rings is 2. The number of aromatic nitrogens is 3. The van der Waals surface area contributed by atoms with Crippen LogP contribution < -0.4 is 9.64 Å². The Balaban J connectivity index is 1.55. The molecule has 0 spiro atoms. The predicted octanol–water partition coefficient (Wildman–Crippen LogP) is 8.09. The third kappa shape index (κ3) is 6.91. The average molecular weight is 659 g/mol. The molecular formula is C38H47FN4O5. The number of piperidine rings is 1. The monoisotopic (exact) mass is 658 g/mol. The zero-order valence-corrected chi connectivity index (χ0v) is 29.1. The van der Waals surface area contributed by atoms with Crippen LogP contribution >= 0.6 is 0 Å². The first kappa shape index (κ1) is 33.9. The van der Waals surface area contributed by atoms with E-state index in [2.05, 4.69) is 11.8 Å². The molecule has 9 nitrogen and oxygen atoms in total. The lowest BCUT2D eigenvalue weighted by molar-refractivity contribution is -0.160. The van der Waals surface area contributed by atoms with E-state index in [-0.39, 0.29) is 17.5 Å². The van der Waals surface area contributed by atoms with Gasteiger partial charge in [0.05, 0.1) is 39.8 Å². The van der Waals surface area contributed by atoms with E-state index in [4.69, 9.17) is 24.2 Å². The predicted molar refractivity (Wildman–Crippen MR) is 184 cm³/mol. The standard InChI is InChI=1S/C38H47FN4O5/c1-23-14-15-29-31(32(23)39)27-13-10-12-26(21-27)28-22-43-34(30(25(3)40-36(43)41-28)33(35(44)45)48-37(4,5)6)42-18-16-38(7,17-19-42)46-20-9-8-11-24(2)47-29/h10,12-15,21-22,24,33H,8-9,11,16-20H2,1-7H3,(H,44,45). The number of aryl methyl sites for hydroxylation is 2. The molecule has 2 aromatic carbocycles. The molecule has 4 aromatic rings. The van der Waals surface area contributed by atoms with Crippen LogP contribution in [0.1, 0.15) is 89.6 Å². The van der Waals surface area contributed by atoms with Crippen molar-refractivity contribution in [1.82, 2.24) is 14.4 Å². The van der Waals surface area contributed by atoms with Gasteiger partial charge in [0.2, 0.25) is 5.78 Å². The minimum Gasteiger partial charge on any atom is -0.490 e. The number of carboxylic acid groups (broad SMARTS) is 1. The zero-order chi connectivity index (χ0) is 34.4. The molecule has 6 bridgehead atoms. The summed E-state index contributed by atoms with van der Waals surface area (Å²) in [5, 5.41) is 10.5. The van der Waals surface area contributed by atoms with E-state index in [1.165, 1.54) is 0 Å². The van der Waals surface area contributed by atoms with Crippen molar-refractivity contribution in [2.45, 2.75) is 104 Å². The van der Waals surface area contributed by atoms with Gasteiger partial charge in [-0.2, -0.15) is 0 Å². The van der Waals surface area contributed by atoms with Crippen molar-refractivity contribution in [3.05, 3.63) is 65.2 Å². The summed E-state index contributed by atoms with van der Waals surface area (Å²) in [5.41, 5.74) is 3.08. The molecule has 1 fully saturated rings. The number of halogens is 1. The zero-order valence-electron chi connectivity index (χ0n) is 29.1. The van der Waals surface area contributed by atoms with Gasteiger partial charge in [0.1, 0.15) is 17.4 Å². The normalized spacial score (nSPS) is 21.2. The summed E-state index contributed by atoms with van der Waals surface area (Å²) < 4.78 is 36.8. The number of fused-ring (bicyclic) bond motifs is 8. The molecule has 3 aliphatic rings. The van der Waals surface area contributed by atoms with Crippen LogP contribution in [0.3, 0.4) is 0 Å². The lowest BCUT2D eigenvalue weighted by atomic mass is 9.92. The summed E-state index contributed by atoms with van der Waals surface area (Å²) in [5.74, 6) is 0.255. The van der Waals surface area contributed by atoms with E-state index >= 15 is 4.39 Å². The van der Waals surface area contributed by atoms with Crippen LogP contribution in [0.5, 0.6) is 5.75 Å². The number of rotatable bonds is 3. The van der Waals surface area contributed by atoms with Crippen LogP contribution in [0.15, 0.2) is 42.6 Å². The van der Waals surface area contributed by atoms with Crippen molar-refractivity contribution in [1.29, 1.82) is 0 Å². The van der Waals surface area contributed by atoms with Crippen molar-refractivity contribution in [2.24, 2.45) is 0 Å². The Morgan fingerprint density at radius 2 is 1.83 bits per heavy atom. The number of hydrogen-bond donors (Lipinski definition) is 1. The fourth-order valence-corrected chi connectivity index (χ4v) is 6.79. The van der Waals surface area contributed by atoms with Crippen LogP contribution in [0.4, 0.5) is 10.2 Å². The summed E-state index contributed by atoms with van der Waals surface area (Å²) in [6.45, 7) is 15.3. The van der Waals surface area contributed by atoms with E-state index < -0.39 is 17.7 Å². The molecule has 0 radical (unpaired) electrons. The summed E-state index contributed by atoms with van der Waals surface area (Å²) in [7, 11) is 0. The number of carbonyl (C=O) groups is 1. The number of aliphatic carboxylic acids is 1. The lowest BCUT2D eigenvalue weighted by Gasteiger charge is -2.41. The SMILES string of the molecule is Cc1ccc2c(c1F)-c1cccc(c1)-c1cn3c(c(C(OC(C)(C)C)C(=O)O)c(C)nc3n1)N1CCC(C)(CC1)OCCCCC(C)O2. The number of nitrogens with zero attached hydrogens (tertiary/aromatic N) is 4. The molecule has 2 atom stereocenters. The van der Waals surface area contributed by atoms with Crippen LogP contribution in [0.25, 0.3) is 28.2 Å². The molecule has 1 N–H and O–H groups in total. The second-order valence-electron chi connectivity index (χ2n) is 14.5. The van der Waals surface area contributed by atoms with Crippen molar-refractivity contribution >= 4 is 17.6 Å². The summed E-state index contributed by atoms with van der Waals surface area (Å²) in [6, 6.07) is 11.2. The Morgan fingerprint density at radius 1 is 1.10 bits per heavy atom. The molecule has 3 aliphatic heterocycles. The van der Waals surface area contributed by atoms with Crippen LogP contribution in [-0.4, -0.2) is 62.4 Å². The van der Waals surface area contributed by atoms with Crippen molar-refractivity contribution in [2.75, 3.05) is 24.6 Å². The maximum absolute atomic E-state index is 15.9. The maximum atomic E-state index is 15.9. The van der Waals surface area contributed by atoms with Crippen molar-refractivity contribution < 1.29 is 28.5 Å². The molecule has 1 saturated heterocycles. The van der Waals surface area contributed by atoms with E-state index in [1.54, 1.807) is 13.0 Å². The van der Waals surface area contributed by atoms with E-state index in [9.17, 15) is 9.90 Å². The van der Waals surface area contributed by atoms with Gasteiger partial charge < -0.3 is 24.2 Å². The molecule has 5 heterocycles. The largest absolute Gasteiger partial charge is 0.490 e. The third-order valence-corrected chi connectivity index (χ3v) is 9.42. The Kier molecular flexibility index (Phi) is 9.26. The molecule has 2 aromatic heterocycles. The minimum absolute atomic E-state index is 0.101. The van der Waals surface area contributed by atoms with Gasteiger partial charge in [0, 0.05) is 31.5 Å². The summed E-state index contributed by atoms with van der Waals surface area (Å²) >= 11 is 0. The number of ether oxygens (including phenoxy) is 3. The quantitative estimate of drug-likeness (QED) is 0.236. The van der Waals surface area contributed by atoms with Gasteiger partial charge in [0.15, 0.2) is 6.10 Å². The first-order valence-corrected chi connectivity index (χ1v) is 17.0. The van der Waals surface area contributed by atoms with Gasteiger partial charge in [-0.05, 0) is 104 Å². The molecule has 10 heteroatoms. The molecule has 256 valence electrons. The van der Waals surface area contributed by atoms with E-state index in [0.717, 1.165) is 37.7 Å². The Hall–Kier alpha value is -4.02. The highest BCUT2D eigenvalue weighted by atomic mass is 19.1. The van der Waals surface area contributed by atoms with Crippen molar-refractivity contribution in [3.63, 3.8) is 0 Å². The Bertz CT molecular complexity index is 1820. The van der Waals surface area contributed by atoms with Gasteiger partial charge in [-0.3, -0.25) is 4.40 Å². The number of anilines is 1. The molecule has 0 aliphatic carbocycles. The number of imidazole rings is 1. The first-order chi connectivity index (χ1) is 22.7. The van der Waals surface area contributed by atoms with Gasteiger partial charge in [0.25, 0.3) is 0 Å². The van der Waals surface area contributed by atoms with Gasteiger partial charge >= 0.3 is 5.97 Å². The lowest BCUT2D eigenvalue weighted by Crippen LogP contribution is -2.45. The number of hydrogen-bond acceptors (Lipinski definition) is 7. The molecule has 48 heavy (non-hydrogen) atoms. The van der Waals surface area contributed by atoms with Gasteiger partial charge in [-0.1, -0.05) is 24.3 Å². The van der Waals surface area contributed by atoms with E-state index in [0.29, 0.717) is 70.7 Å². The molecular weight excluding hydrogens is 611 g/mol. The average Bonchev–Trinajstić information content (AvgIpc) is 3.44. The highest BCUT2D eigenvalue weighted by molar-refractivity contribution is 5.80. The van der Waals surface area contributed by atoms with Crippen molar-refractivity contribution in [3.8, 4) is 28.1 Å². The molecule has 0 saturated carbocycles. The third-order valence-electron chi connectivity index (χ3n) is 9.42. The Labute approximate surface area is 282 Å². The fourth-order valence-electron chi connectivity index (χ4n) is 6.79. The summed E-state index contributed by atoms with van der Waals surface area (Å²) in [6.07, 6.45) is 4.73. The second kappa shape index (κ2) is 13.1. The molecule has 0 amide bonds. The first-order valence-electron chi connectivity index (χ1n) is 17.0. The van der Waals surface area contributed by atoms with Crippen LogP contribution in [-0.2, 0) is 14.3 Å². The Morgan fingerprint density at radius 3 is 2.54 bits per heavy atom. The van der Waals surface area contributed by atoms with Gasteiger partial charge in [-0.15, -0.1) is 0 Å². The molecule has 7 rings (SSSR count). The van der Waals surface area contributed by atoms with Gasteiger partial charge in [-0.25, -0.2) is 19.2 Å². The molecule has 2 unspecified atom stereocenters. The van der Waals surface area contributed by atoms with Crippen LogP contribution in [0, 0.1) is 19.7 Å². The highest BCUT2D eigenvalue weighted by Gasteiger charge is 2.37. The smallest absolute Gasteiger partial charge is 0.337 e. The summed E-state index contributed by atoms with van der Waals surface area (Å²) in [4.78, 5) is 24.8. The number of carboxylic acids is 1. The van der Waals surface area contributed by atoms with Crippen LogP contribution in [0.2, 0.25) is 0 Å². The maximum Gasteiger partial charge on any atom is 0.337 e. The van der Waals surface area contributed by atoms with E-state index in [1.807, 2.05) is 75.5 Å². The highest BCUT2D eigenvalue weighted by Crippen LogP contribution is 2.40. The fraction of sp³-hybridized carbons (Fsp3) is 0.500.